The van der Waals surface area contributed by atoms with Crippen LogP contribution in [0.3, 0.4) is 0 Å². The van der Waals surface area contributed by atoms with Gasteiger partial charge < -0.3 is 10.2 Å². The highest BCUT2D eigenvalue weighted by molar-refractivity contribution is 5.94. The van der Waals surface area contributed by atoms with Crippen molar-refractivity contribution in [1.29, 1.82) is 0 Å². The molecular weight excluding hydrogens is 290 g/mol. The number of nitrogens with one attached hydrogen (secondary N) is 1. The summed E-state index contributed by atoms with van der Waals surface area (Å²) in [5.41, 5.74) is 0.726. The van der Waals surface area contributed by atoms with E-state index in [1.54, 1.807) is 0 Å². The van der Waals surface area contributed by atoms with Gasteiger partial charge in [-0.05, 0) is 25.0 Å². The van der Waals surface area contributed by atoms with Crippen LogP contribution in [-0.4, -0.2) is 60.4 Å². The quantitative estimate of drug-likeness (QED) is 0.897. The van der Waals surface area contributed by atoms with Gasteiger partial charge in [0.05, 0.1) is 6.54 Å². The minimum absolute atomic E-state index is 0.0639. The van der Waals surface area contributed by atoms with E-state index in [4.69, 9.17) is 0 Å². The zero-order valence-electron chi connectivity index (χ0n) is 14.3. The molecule has 1 aromatic rings. The van der Waals surface area contributed by atoms with Crippen LogP contribution in [0.5, 0.6) is 0 Å². The number of hydrogen-bond donors (Lipinski definition) is 1. The largest absolute Gasteiger partial charge is 0.352 e. The van der Waals surface area contributed by atoms with Gasteiger partial charge in [0.25, 0.3) is 5.91 Å². The minimum Gasteiger partial charge on any atom is -0.352 e. The number of hydrogen-bond acceptors (Lipinski definition) is 3. The standard InChI is InChI=1S/C18H27N3O2/c1-14(2)15(3)19-17(22)13-20-9-11-21(12-10-20)18(23)16-7-5-4-6-8-16/h4-8,14-15H,9-13H2,1-3H3,(H,19,22). The molecule has 1 unspecified atom stereocenters. The molecule has 1 aromatic carbocycles. The third kappa shape index (κ3) is 5.06. The molecule has 0 aliphatic carbocycles. The van der Waals surface area contributed by atoms with Crippen molar-refractivity contribution in [3.8, 4) is 0 Å². The molecule has 1 saturated heterocycles. The number of carbonyl (C=O) groups is 2. The monoisotopic (exact) mass is 317 g/mol. The molecule has 0 aromatic heterocycles. The first kappa shape index (κ1) is 17.5. The van der Waals surface area contributed by atoms with Gasteiger partial charge in [-0.3, -0.25) is 14.5 Å². The number of rotatable bonds is 5. The SMILES string of the molecule is CC(C)C(C)NC(=O)CN1CCN(C(=O)c2ccccc2)CC1. The van der Waals surface area contributed by atoms with E-state index in [2.05, 4.69) is 24.1 Å². The van der Waals surface area contributed by atoms with E-state index in [9.17, 15) is 9.59 Å². The molecule has 0 spiro atoms. The highest BCUT2D eigenvalue weighted by Crippen LogP contribution is 2.08. The summed E-state index contributed by atoms with van der Waals surface area (Å²) in [4.78, 5) is 28.4. The van der Waals surface area contributed by atoms with E-state index in [0.29, 0.717) is 25.6 Å². The summed E-state index contributed by atoms with van der Waals surface area (Å²) in [7, 11) is 0. The molecule has 1 aliphatic heterocycles. The molecule has 23 heavy (non-hydrogen) atoms. The van der Waals surface area contributed by atoms with Gasteiger partial charge in [-0.25, -0.2) is 0 Å². The first-order chi connectivity index (χ1) is 11.0. The van der Waals surface area contributed by atoms with Gasteiger partial charge in [0, 0.05) is 37.8 Å². The Kier molecular flexibility index (Phi) is 6.16. The molecule has 0 bridgehead atoms. The maximum absolute atomic E-state index is 12.4. The third-order valence-corrected chi connectivity index (χ3v) is 4.44. The maximum Gasteiger partial charge on any atom is 0.253 e. The molecule has 0 radical (unpaired) electrons. The Balaban J connectivity index is 1.78. The first-order valence-corrected chi connectivity index (χ1v) is 8.33. The first-order valence-electron chi connectivity index (χ1n) is 8.33. The number of carbonyl (C=O) groups excluding carboxylic acids is 2. The van der Waals surface area contributed by atoms with Gasteiger partial charge in [0.15, 0.2) is 0 Å². The Hall–Kier alpha value is -1.88. The number of benzene rings is 1. The Bertz CT molecular complexity index is 522. The lowest BCUT2D eigenvalue weighted by Gasteiger charge is -2.34. The third-order valence-electron chi connectivity index (χ3n) is 4.44. The molecule has 1 fully saturated rings. The molecule has 1 heterocycles. The van der Waals surface area contributed by atoms with Crippen molar-refractivity contribution < 1.29 is 9.59 Å². The summed E-state index contributed by atoms with van der Waals surface area (Å²) < 4.78 is 0. The van der Waals surface area contributed by atoms with E-state index >= 15 is 0 Å². The molecule has 2 amide bonds. The summed E-state index contributed by atoms with van der Waals surface area (Å²) in [5.74, 6) is 0.566. The van der Waals surface area contributed by atoms with Gasteiger partial charge in [-0.15, -0.1) is 0 Å². The van der Waals surface area contributed by atoms with Crippen LogP contribution in [0.15, 0.2) is 30.3 Å². The molecular formula is C18H27N3O2. The molecule has 1 N–H and O–H groups in total. The second-order valence-electron chi connectivity index (χ2n) is 6.53. The Morgan fingerprint density at radius 1 is 1.04 bits per heavy atom. The molecule has 5 nitrogen and oxygen atoms in total. The molecule has 0 saturated carbocycles. The van der Waals surface area contributed by atoms with Gasteiger partial charge in [0.1, 0.15) is 0 Å². The normalized spacial score (nSPS) is 17.1. The molecule has 1 atom stereocenters. The van der Waals surface area contributed by atoms with E-state index in [-0.39, 0.29) is 17.9 Å². The summed E-state index contributed by atoms with van der Waals surface area (Å²) in [6.07, 6.45) is 0. The van der Waals surface area contributed by atoms with Gasteiger partial charge in [-0.2, -0.15) is 0 Å². The predicted octanol–water partition coefficient (Wildman–Crippen LogP) is 1.61. The van der Waals surface area contributed by atoms with Crippen molar-refractivity contribution in [3.05, 3.63) is 35.9 Å². The highest BCUT2D eigenvalue weighted by Gasteiger charge is 2.23. The summed E-state index contributed by atoms with van der Waals surface area (Å²) in [6, 6.07) is 9.53. The summed E-state index contributed by atoms with van der Waals surface area (Å²) in [5, 5.41) is 3.03. The van der Waals surface area contributed by atoms with Crippen molar-refractivity contribution in [3.63, 3.8) is 0 Å². The lowest BCUT2D eigenvalue weighted by atomic mass is 10.1. The Labute approximate surface area is 138 Å². The average molecular weight is 317 g/mol. The molecule has 1 aliphatic rings. The minimum atomic E-state index is 0.0639. The van der Waals surface area contributed by atoms with E-state index in [0.717, 1.165) is 18.7 Å². The lowest BCUT2D eigenvalue weighted by Crippen LogP contribution is -2.52. The van der Waals surface area contributed by atoms with E-state index in [1.165, 1.54) is 0 Å². The number of piperazine rings is 1. The van der Waals surface area contributed by atoms with Crippen LogP contribution < -0.4 is 5.32 Å². The van der Waals surface area contributed by atoms with Crippen LogP contribution in [0.2, 0.25) is 0 Å². The number of nitrogens with zero attached hydrogens (tertiary/aromatic N) is 2. The van der Waals surface area contributed by atoms with Crippen molar-refractivity contribution >= 4 is 11.8 Å². The second kappa shape index (κ2) is 8.11. The second-order valence-corrected chi connectivity index (χ2v) is 6.53. The van der Waals surface area contributed by atoms with Crippen molar-refractivity contribution in [1.82, 2.24) is 15.1 Å². The topological polar surface area (TPSA) is 52.7 Å². The molecule has 126 valence electrons. The van der Waals surface area contributed by atoms with E-state index < -0.39 is 0 Å². The van der Waals surface area contributed by atoms with Gasteiger partial charge in [-0.1, -0.05) is 32.0 Å². The number of amides is 2. The fourth-order valence-electron chi connectivity index (χ4n) is 2.54. The smallest absolute Gasteiger partial charge is 0.253 e. The van der Waals surface area contributed by atoms with Crippen LogP contribution in [0.25, 0.3) is 0 Å². The lowest BCUT2D eigenvalue weighted by molar-refractivity contribution is -0.123. The van der Waals surface area contributed by atoms with Crippen LogP contribution in [0.1, 0.15) is 31.1 Å². The maximum atomic E-state index is 12.4. The fourth-order valence-corrected chi connectivity index (χ4v) is 2.54. The highest BCUT2D eigenvalue weighted by atomic mass is 16.2. The Morgan fingerprint density at radius 3 is 2.22 bits per heavy atom. The van der Waals surface area contributed by atoms with E-state index in [1.807, 2.05) is 42.2 Å². The summed E-state index contributed by atoms with van der Waals surface area (Å²) in [6.45, 7) is 9.44. The zero-order valence-corrected chi connectivity index (χ0v) is 14.3. The van der Waals surface area contributed by atoms with Crippen LogP contribution in [0.4, 0.5) is 0 Å². The zero-order chi connectivity index (χ0) is 16.8. The predicted molar refractivity (Wildman–Crippen MR) is 91.2 cm³/mol. The molecule has 2 rings (SSSR count). The van der Waals surface area contributed by atoms with Crippen LogP contribution in [0, 0.1) is 5.92 Å². The van der Waals surface area contributed by atoms with Crippen LogP contribution >= 0.6 is 0 Å². The van der Waals surface area contributed by atoms with Crippen LogP contribution in [-0.2, 0) is 4.79 Å². The van der Waals surface area contributed by atoms with Gasteiger partial charge >= 0.3 is 0 Å². The molecule has 5 heteroatoms. The van der Waals surface area contributed by atoms with Crippen molar-refractivity contribution in [2.24, 2.45) is 5.92 Å². The Morgan fingerprint density at radius 2 is 1.65 bits per heavy atom. The summed E-state index contributed by atoms with van der Waals surface area (Å²) >= 11 is 0. The van der Waals surface area contributed by atoms with Crippen molar-refractivity contribution in [2.75, 3.05) is 32.7 Å². The fraction of sp³-hybridized carbons (Fsp3) is 0.556. The van der Waals surface area contributed by atoms with Crippen molar-refractivity contribution in [2.45, 2.75) is 26.8 Å². The van der Waals surface area contributed by atoms with Gasteiger partial charge in [0.2, 0.25) is 5.91 Å². The average Bonchev–Trinajstić information content (AvgIpc) is 2.55.